The first kappa shape index (κ1) is 21.7. The van der Waals surface area contributed by atoms with Crippen LogP contribution in [0, 0.1) is 0 Å². The van der Waals surface area contributed by atoms with Crippen LogP contribution in [0.3, 0.4) is 0 Å². The molecule has 0 N–H and O–H groups in total. The fourth-order valence-corrected chi connectivity index (χ4v) is 8.06. The zero-order valence-electron chi connectivity index (χ0n) is 16.9. The molecule has 1 saturated heterocycles. The maximum atomic E-state index is 12.1. The van der Waals surface area contributed by atoms with Crippen LogP contribution in [0.25, 0.3) is 0 Å². The standard InChI is InChI=1S/C19H28N4O4Si/c1-14(2)12-28(5,13-15(3)4)10-6-9-22-11-16(20-21-22)19(26)27-23-17(24)7-8-18(23)25/h11H,1,3,6-10,12-13H2,2,4-5H3. The minimum Gasteiger partial charge on any atom is -0.323 e. The predicted octanol–water partition coefficient (Wildman–Crippen LogP) is 3.12. The smallest absolute Gasteiger partial charge is 0.323 e. The number of hydrogen-bond acceptors (Lipinski definition) is 6. The average molecular weight is 405 g/mol. The lowest BCUT2D eigenvalue weighted by atomic mass is 10.4. The lowest BCUT2D eigenvalue weighted by Crippen LogP contribution is -2.32. The minimum atomic E-state index is -1.52. The Morgan fingerprint density at radius 1 is 1.18 bits per heavy atom. The highest BCUT2D eigenvalue weighted by Gasteiger charge is 2.33. The van der Waals surface area contributed by atoms with E-state index in [1.807, 2.05) is 0 Å². The summed E-state index contributed by atoms with van der Waals surface area (Å²) in [7, 11) is -1.52. The number of nitrogens with zero attached hydrogens (tertiary/aromatic N) is 4. The molecule has 1 aliphatic heterocycles. The zero-order valence-corrected chi connectivity index (χ0v) is 17.9. The summed E-state index contributed by atoms with van der Waals surface area (Å²) < 4.78 is 1.58. The van der Waals surface area contributed by atoms with Gasteiger partial charge < -0.3 is 4.84 Å². The van der Waals surface area contributed by atoms with Gasteiger partial charge in [-0.2, -0.15) is 0 Å². The number of hydrogen-bond donors (Lipinski definition) is 0. The molecule has 0 radical (unpaired) electrons. The molecule has 0 unspecified atom stereocenters. The average Bonchev–Trinajstić information content (AvgIpc) is 3.15. The van der Waals surface area contributed by atoms with Crippen molar-refractivity contribution >= 4 is 25.9 Å². The summed E-state index contributed by atoms with van der Waals surface area (Å²) >= 11 is 0. The van der Waals surface area contributed by atoms with Gasteiger partial charge in [-0.05, 0) is 32.4 Å². The summed E-state index contributed by atoms with van der Waals surface area (Å²) in [6, 6.07) is 3.21. The van der Waals surface area contributed by atoms with E-state index in [9.17, 15) is 14.4 Å². The Labute approximate surface area is 166 Å². The molecule has 8 nitrogen and oxygen atoms in total. The number of rotatable bonds is 10. The van der Waals surface area contributed by atoms with Crippen molar-refractivity contribution in [3.63, 3.8) is 0 Å². The maximum Gasteiger partial charge on any atom is 0.385 e. The van der Waals surface area contributed by atoms with E-state index < -0.39 is 25.9 Å². The van der Waals surface area contributed by atoms with E-state index in [-0.39, 0.29) is 18.5 Å². The number of imide groups is 1. The molecule has 1 aromatic heterocycles. The Hall–Kier alpha value is -2.55. The SMILES string of the molecule is C=C(C)C[Si](C)(CCCn1cc(C(=O)ON2C(=O)CCC2=O)nn1)CC(=C)C. The van der Waals surface area contributed by atoms with Crippen LogP contribution in [0.2, 0.25) is 24.7 Å². The van der Waals surface area contributed by atoms with Crippen LogP contribution < -0.4 is 0 Å². The second-order valence-electron chi connectivity index (χ2n) is 8.01. The highest BCUT2D eigenvalue weighted by molar-refractivity contribution is 6.79. The first-order chi connectivity index (χ1) is 13.1. The van der Waals surface area contributed by atoms with Crippen molar-refractivity contribution in [2.75, 3.05) is 0 Å². The van der Waals surface area contributed by atoms with Crippen molar-refractivity contribution in [2.45, 2.75) is 64.3 Å². The third-order valence-electron chi connectivity index (χ3n) is 4.55. The Balaban J connectivity index is 1.90. The normalized spacial score (nSPS) is 14.5. The Bertz CT molecular complexity index is 770. The van der Waals surface area contributed by atoms with Crippen molar-refractivity contribution < 1.29 is 19.2 Å². The minimum absolute atomic E-state index is 0.0311. The van der Waals surface area contributed by atoms with Crippen LogP contribution in [0.1, 0.15) is 43.6 Å². The molecule has 0 bridgehead atoms. The van der Waals surface area contributed by atoms with E-state index in [0.29, 0.717) is 11.6 Å². The highest BCUT2D eigenvalue weighted by atomic mass is 28.3. The third kappa shape index (κ3) is 5.98. The zero-order chi connectivity index (χ0) is 20.9. The number of hydroxylamine groups is 2. The summed E-state index contributed by atoms with van der Waals surface area (Å²) in [6.45, 7) is 15.2. The summed E-state index contributed by atoms with van der Waals surface area (Å²) in [5.41, 5.74) is 2.37. The summed E-state index contributed by atoms with van der Waals surface area (Å²) in [6.07, 6.45) is 2.49. The molecule has 1 fully saturated rings. The third-order valence-corrected chi connectivity index (χ3v) is 9.03. The molecule has 0 atom stereocenters. The van der Waals surface area contributed by atoms with Crippen molar-refractivity contribution in [3.8, 4) is 0 Å². The van der Waals surface area contributed by atoms with Crippen molar-refractivity contribution in [3.05, 3.63) is 36.2 Å². The van der Waals surface area contributed by atoms with E-state index in [4.69, 9.17) is 4.84 Å². The lowest BCUT2D eigenvalue weighted by Gasteiger charge is -2.28. The predicted molar refractivity (Wildman–Crippen MR) is 107 cm³/mol. The number of carbonyl (C=O) groups excluding carboxylic acids is 3. The quantitative estimate of drug-likeness (QED) is 0.338. The van der Waals surface area contributed by atoms with E-state index in [1.54, 1.807) is 4.68 Å². The van der Waals surface area contributed by atoms with Gasteiger partial charge in [-0.1, -0.05) is 29.0 Å². The van der Waals surface area contributed by atoms with Crippen molar-refractivity contribution in [2.24, 2.45) is 0 Å². The summed E-state index contributed by atoms with van der Waals surface area (Å²) in [4.78, 5) is 40.0. The van der Waals surface area contributed by atoms with Crippen molar-refractivity contribution in [1.29, 1.82) is 0 Å². The Morgan fingerprint density at radius 3 is 2.29 bits per heavy atom. The van der Waals surface area contributed by atoms with Crippen LogP contribution in [0.4, 0.5) is 0 Å². The highest BCUT2D eigenvalue weighted by Crippen LogP contribution is 2.29. The first-order valence-electron chi connectivity index (χ1n) is 9.36. The van der Waals surface area contributed by atoms with Crippen molar-refractivity contribution in [1.82, 2.24) is 20.1 Å². The van der Waals surface area contributed by atoms with Gasteiger partial charge in [0.25, 0.3) is 11.8 Å². The topological polar surface area (TPSA) is 94.4 Å². The van der Waals surface area contributed by atoms with E-state index in [2.05, 4.69) is 43.9 Å². The molecule has 0 saturated carbocycles. The van der Waals surface area contributed by atoms with Crippen LogP contribution in [0.15, 0.2) is 30.5 Å². The van der Waals surface area contributed by atoms with E-state index in [1.165, 1.54) is 17.3 Å². The molecular weight excluding hydrogens is 376 g/mol. The second kappa shape index (κ2) is 9.09. The number of carbonyl (C=O) groups is 3. The van der Waals surface area contributed by atoms with E-state index >= 15 is 0 Å². The van der Waals surface area contributed by atoms with Gasteiger partial charge in [0.1, 0.15) is 0 Å². The molecule has 1 aliphatic rings. The number of amides is 2. The van der Waals surface area contributed by atoms with E-state index in [0.717, 1.165) is 24.6 Å². The maximum absolute atomic E-state index is 12.1. The monoisotopic (exact) mass is 404 g/mol. The van der Waals surface area contributed by atoms with Crippen LogP contribution in [-0.4, -0.2) is 45.9 Å². The number of aryl methyl sites for hydroxylation is 1. The van der Waals surface area contributed by atoms with Gasteiger partial charge in [0, 0.05) is 19.4 Å². The molecule has 1 aromatic rings. The first-order valence-corrected chi connectivity index (χ1v) is 12.5. The van der Waals surface area contributed by atoms with Crippen LogP contribution in [0.5, 0.6) is 0 Å². The van der Waals surface area contributed by atoms with Crippen LogP contribution in [-0.2, 0) is 21.0 Å². The molecular formula is C19H28N4O4Si. The molecule has 28 heavy (non-hydrogen) atoms. The van der Waals surface area contributed by atoms with Gasteiger partial charge in [-0.15, -0.1) is 23.3 Å². The van der Waals surface area contributed by atoms with Gasteiger partial charge in [-0.3, -0.25) is 14.3 Å². The fourth-order valence-electron chi connectivity index (χ4n) is 3.65. The molecule has 0 aliphatic carbocycles. The summed E-state index contributed by atoms with van der Waals surface area (Å²) in [5.74, 6) is -1.91. The van der Waals surface area contributed by atoms with Gasteiger partial charge >= 0.3 is 5.97 Å². The Morgan fingerprint density at radius 2 is 1.75 bits per heavy atom. The number of aromatic nitrogens is 3. The molecule has 2 amide bonds. The lowest BCUT2D eigenvalue weighted by molar-refractivity contribution is -0.172. The molecule has 152 valence electrons. The molecule has 0 spiro atoms. The van der Waals surface area contributed by atoms with Gasteiger partial charge in [0.05, 0.1) is 14.3 Å². The fraction of sp³-hybridized carbons (Fsp3) is 0.526. The molecule has 2 rings (SSSR count). The van der Waals surface area contributed by atoms with Gasteiger partial charge in [-0.25, -0.2) is 4.79 Å². The van der Waals surface area contributed by atoms with Gasteiger partial charge in [0.2, 0.25) is 0 Å². The van der Waals surface area contributed by atoms with Crippen LogP contribution >= 0.6 is 0 Å². The Kier molecular flexibility index (Phi) is 7.06. The summed E-state index contributed by atoms with van der Waals surface area (Å²) in [5, 5.41) is 8.25. The molecule has 9 heteroatoms. The molecule has 2 heterocycles. The van der Waals surface area contributed by atoms with Gasteiger partial charge in [0.15, 0.2) is 5.69 Å². The second-order valence-corrected chi connectivity index (χ2v) is 12.8. The largest absolute Gasteiger partial charge is 0.385 e. The number of allylic oxidation sites excluding steroid dienone is 2. The molecule has 0 aromatic carbocycles.